The molecule has 0 amide bonds. The van der Waals surface area contributed by atoms with Gasteiger partial charge >= 0.3 is 5.97 Å². The van der Waals surface area contributed by atoms with Gasteiger partial charge in [-0.1, -0.05) is 64.5 Å². The summed E-state index contributed by atoms with van der Waals surface area (Å²) in [5.74, 6) is -2.10. The van der Waals surface area contributed by atoms with Crippen molar-refractivity contribution in [3.8, 4) is 0 Å². The number of hydrogen-bond donors (Lipinski definition) is 3. The van der Waals surface area contributed by atoms with Gasteiger partial charge in [-0.15, -0.1) is 0 Å². The minimum atomic E-state index is -1.82. The molecule has 1 aliphatic carbocycles. The Morgan fingerprint density at radius 1 is 0.919 bits per heavy atom. The maximum atomic E-state index is 14.4. The molecular weight excluding hydrogens is 801 g/mol. The highest BCUT2D eigenvalue weighted by molar-refractivity contribution is 5.78. The van der Waals surface area contributed by atoms with Crippen molar-refractivity contribution in [3.63, 3.8) is 0 Å². The van der Waals surface area contributed by atoms with E-state index in [9.17, 15) is 20.1 Å². The molecule has 6 heterocycles. The van der Waals surface area contributed by atoms with Crippen LogP contribution in [-0.4, -0.2) is 139 Å². The number of esters is 1. The van der Waals surface area contributed by atoms with Gasteiger partial charge < -0.3 is 62.7 Å². The Labute approximate surface area is 368 Å². The highest BCUT2D eigenvalue weighted by atomic mass is 16.7. The summed E-state index contributed by atoms with van der Waals surface area (Å²) in [6, 6.07) is 0. The van der Waals surface area contributed by atoms with Crippen LogP contribution in [0.5, 0.6) is 0 Å². The lowest BCUT2D eigenvalue weighted by Crippen LogP contribution is -2.58. The smallest absolute Gasteiger partial charge is 0.316 e. The summed E-state index contributed by atoms with van der Waals surface area (Å²) in [5.41, 5.74) is 0.188. The fourth-order valence-electron chi connectivity index (χ4n) is 11.0. The quantitative estimate of drug-likeness (QED) is 0.204. The molecule has 7 rings (SSSR count). The fourth-order valence-corrected chi connectivity index (χ4v) is 11.0. The number of hydrogen-bond acceptors (Lipinski definition) is 14. The molecule has 0 radical (unpaired) electrons. The lowest BCUT2D eigenvalue weighted by Gasteiger charge is -2.51. The predicted molar refractivity (Wildman–Crippen MR) is 227 cm³/mol. The second kappa shape index (κ2) is 19.8. The highest BCUT2D eigenvalue weighted by Crippen LogP contribution is 2.48. The Hall–Kier alpha value is -2.05. The van der Waals surface area contributed by atoms with E-state index in [1.165, 1.54) is 0 Å². The summed E-state index contributed by atoms with van der Waals surface area (Å²) in [4.78, 5) is 14.4. The lowest BCUT2D eigenvalue weighted by atomic mass is 9.71. The average Bonchev–Trinajstić information content (AvgIpc) is 3.58. The number of rotatable bonds is 8. The van der Waals surface area contributed by atoms with Crippen LogP contribution in [0.2, 0.25) is 0 Å². The van der Waals surface area contributed by atoms with Crippen molar-refractivity contribution in [2.75, 3.05) is 20.8 Å². The van der Waals surface area contributed by atoms with Gasteiger partial charge in [-0.05, 0) is 69.1 Å². The molecule has 350 valence electrons. The van der Waals surface area contributed by atoms with E-state index >= 15 is 0 Å². The Bertz CT molecular complexity index is 1680. The largest absolute Gasteiger partial charge is 0.462 e. The Balaban J connectivity index is 1.18. The van der Waals surface area contributed by atoms with Crippen molar-refractivity contribution < 1.29 is 67.5 Å². The number of aliphatic hydroxyl groups is 3. The van der Waals surface area contributed by atoms with Gasteiger partial charge in [0.25, 0.3) is 0 Å². The summed E-state index contributed by atoms with van der Waals surface area (Å²) in [6.07, 6.45) is 6.53. The van der Waals surface area contributed by atoms with E-state index in [-0.39, 0.29) is 30.8 Å². The summed E-state index contributed by atoms with van der Waals surface area (Å²) >= 11 is 0. The molecule has 2 unspecified atom stereocenters. The number of methoxy groups -OCH3 is 2. The molecule has 5 fully saturated rings. The van der Waals surface area contributed by atoms with Crippen LogP contribution in [0.3, 0.4) is 0 Å². The molecule has 0 aromatic rings. The van der Waals surface area contributed by atoms with Crippen molar-refractivity contribution >= 4 is 5.97 Å². The second-order valence-corrected chi connectivity index (χ2v) is 19.4. The van der Waals surface area contributed by atoms with Crippen LogP contribution in [0.4, 0.5) is 0 Å². The van der Waals surface area contributed by atoms with E-state index in [2.05, 4.69) is 40.7 Å². The summed E-state index contributed by atoms with van der Waals surface area (Å²) in [7, 11) is 3.23. The predicted octanol–water partition coefficient (Wildman–Crippen LogP) is 5.60. The normalized spacial score (nSPS) is 49.4. The van der Waals surface area contributed by atoms with Crippen molar-refractivity contribution in [3.05, 3.63) is 47.1 Å². The molecular formula is C48H74O14. The number of aliphatic hydroxyl groups excluding tert-OH is 2. The third-order valence-corrected chi connectivity index (χ3v) is 14.9. The first kappa shape index (κ1) is 47.9. The number of allylic oxidation sites excluding steroid dienone is 2. The topological polar surface area (TPSA) is 170 Å². The third kappa shape index (κ3) is 9.73. The zero-order chi connectivity index (χ0) is 44.7. The third-order valence-electron chi connectivity index (χ3n) is 14.9. The monoisotopic (exact) mass is 875 g/mol. The first-order valence-electron chi connectivity index (χ1n) is 23.2. The first-order chi connectivity index (χ1) is 29.5. The maximum absolute atomic E-state index is 14.4. The highest BCUT2D eigenvalue weighted by Gasteiger charge is 2.60. The lowest BCUT2D eigenvalue weighted by molar-refractivity contribution is -0.340. The molecule has 0 aromatic carbocycles. The molecule has 6 aliphatic heterocycles. The van der Waals surface area contributed by atoms with Gasteiger partial charge in [-0.3, -0.25) is 4.79 Å². The minimum absolute atomic E-state index is 0.00708. The summed E-state index contributed by atoms with van der Waals surface area (Å²) < 4.78 is 63.9. The van der Waals surface area contributed by atoms with Crippen LogP contribution in [0.25, 0.3) is 0 Å². The number of ether oxygens (including phenoxy) is 10. The second-order valence-electron chi connectivity index (χ2n) is 19.4. The van der Waals surface area contributed by atoms with Crippen molar-refractivity contribution in [1.29, 1.82) is 0 Å². The van der Waals surface area contributed by atoms with E-state index in [0.717, 1.165) is 18.4 Å². The molecule has 14 heteroatoms. The van der Waals surface area contributed by atoms with E-state index in [1.54, 1.807) is 40.2 Å². The van der Waals surface area contributed by atoms with Crippen LogP contribution in [0, 0.1) is 23.7 Å². The number of carbonyl (C=O) groups is 1. The maximum Gasteiger partial charge on any atom is 0.316 e. The number of carbonyl (C=O) groups excluding carboxylic acids is 1. The summed E-state index contributed by atoms with van der Waals surface area (Å²) in [6.45, 7) is 16.3. The zero-order valence-corrected chi connectivity index (χ0v) is 38.5. The van der Waals surface area contributed by atoms with Crippen molar-refractivity contribution in [1.82, 2.24) is 0 Å². The standard InChI is InChI=1S/C48H74O14/c1-11-25(2)43-28(5)17-18-47(62-43)23-34-20-33(61-47)16-15-27(4)42(26(3)13-12-14-32-24-55-45-40(49)29(6)19-35(46(51)58-34)48(32,45)52)59-39-22-37(54-10)44(31(8)57-39)60-38-21-36(53-9)41(50)30(7)56-38/h12-15,19,25-26,28,30-31,33-45,49-50,52H,11,16-18,20-24H2,1-10H3/b13-12+,27-15+,32-14+/t25-,26+,28+,30+,31+,33-,34+,35?,36+,37+,38+,39+,40-,41+,42?,43-,44+,45-,47-,48-/m1/s1. The van der Waals surface area contributed by atoms with Crippen LogP contribution in [-0.2, 0) is 52.2 Å². The van der Waals surface area contributed by atoms with E-state index in [4.69, 9.17) is 47.4 Å². The van der Waals surface area contributed by atoms with Crippen molar-refractivity contribution in [2.45, 2.75) is 204 Å². The molecule has 2 bridgehead atoms. The summed E-state index contributed by atoms with van der Waals surface area (Å²) in [5, 5.41) is 34.2. The minimum Gasteiger partial charge on any atom is -0.462 e. The van der Waals surface area contributed by atoms with Crippen LogP contribution in [0.1, 0.15) is 107 Å². The Kier molecular flexibility index (Phi) is 15.3. The molecule has 20 atom stereocenters. The Morgan fingerprint density at radius 3 is 2.35 bits per heavy atom. The van der Waals surface area contributed by atoms with Crippen LogP contribution >= 0.6 is 0 Å². The Morgan fingerprint density at radius 2 is 1.63 bits per heavy atom. The molecule has 1 spiro atoms. The molecule has 0 saturated carbocycles. The van der Waals surface area contributed by atoms with Gasteiger partial charge in [0.2, 0.25) is 0 Å². The molecule has 7 aliphatic rings. The van der Waals surface area contributed by atoms with Gasteiger partial charge in [0.05, 0.1) is 49.3 Å². The van der Waals surface area contributed by atoms with Gasteiger partial charge in [0.15, 0.2) is 18.4 Å². The molecule has 3 N–H and O–H groups in total. The first-order valence-corrected chi connectivity index (χ1v) is 23.2. The molecule has 62 heavy (non-hydrogen) atoms. The van der Waals surface area contributed by atoms with Gasteiger partial charge in [0, 0.05) is 52.2 Å². The van der Waals surface area contributed by atoms with Gasteiger partial charge in [-0.2, -0.15) is 0 Å². The molecule has 14 nitrogen and oxygen atoms in total. The molecule has 5 saturated heterocycles. The van der Waals surface area contributed by atoms with Crippen LogP contribution < -0.4 is 0 Å². The van der Waals surface area contributed by atoms with E-state index in [0.29, 0.717) is 61.5 Å². The zero-order valence-electron chi connectivity index (χ0n) is 38.5. The SMILES string of the molecule is CC[C@@H](C)[C@H]1O[C@]2(CC[C@@H]1C)C[C@@H]1C[C@@H](C/C=C(\C)C(O[C@H]3C[C@H](OC)[C@@H](O[C@H]4C[C@H](OC)[C@@H](O)[C@H](C)O4)[C@H](C)O3)[C@@H](C)/C=C/C=C3\CO[C@@H]4[C@H](O)C(C)=CC(C(=O)O1)[C@]34O)O2. The van der Waals surface area contributed by atoms with Gasteiger partial charge in [-0.25, -0.2) is 0 Å². The average molecular weight is 875 g/mol. The van der Waals surface area contributed by atoms with Gasteiger partial charge in [0.1, 0.15) is 42.0 Å². The molecule has 0 aromatic heterocycles. The van der Waals surface area contributed by atoms with Crippen LogP contribution in [0.15, 0.2) is 47.1 Å². The fraction of sp³-hybridized carbons (Fsp3) is 0.812. The van der Waals surface area contributed by atoms with E-state index in [1.807, 2.05) is 19.1 Å². The van der Waals surface area contributed by atoms with E-state index < -0.39 is 90.8 Å². The van der Waals surface area contributed by atoms with Crippen molar-refractivity contribution in [2.24, 2.45) is 23.7 Å². The number of fused-ring (bicyclic) bond motifs is 2.